The van der Waals surface area contributed by atoms with Crippen molar-refractivity contribution in [2.75, 3.05) is 0 Å². The molecule has 0 aliphatic heterocycles. The normalized spacial score (nSPS) is 12.7. The first-order valence-corrected chi connectivity index (χ1v) is 7.85. The Morgan fingerprint density at radius 1 is 0.947 bits per heavy atom. The van der Waals surface area contributed by atoms with Gasteiger partial charge in [0.05, 0.1) is 0 Å². The molecule has 2 aromatic carbocycles. The highest BCUT2D eigenvalue weighted by Crippen LogP contribution is 2.23. The first-order valence-electron chi connectivity index (χ1n) is 7.42. The van der Waals surface area contributed by atoms with Crippen LogP contribution in [0.15, 0.2) is 42.5 Å². The van der Waals surface area contributed by atoms with Crippen molar-refractivity contribution in [3.05, 3.63) is 48.0 Å². The van der Waals surface area contributed by atoms with Crippen molar-refractivity contribution >= 4 is 22.4 Å². The van der Waals surface area contributed by atoms with E-state index < -0.39 is 0 Å². The average Bonchev–Trinajstić information content (AvgIpc) is 2.44. The van der Waals surface area contributed by atoms with Crippen LogP contribution >= 0.6 is 11.6 Å². The number of halogens is 1. The van der Waals surface area contributed by atoms with Gasteiger partial charge in [0, 0.05) is 5.38 Å². The van der Waals surface area contributed by atoms with Crippen LogP contribution in [0.25, 0.3) is 10.8 Å². The summed E-state index contributed by atoms with van der Waals surface area (Å²) in [6.45, 7) is 2.24. The zero-order valence-corrected chi connectivity index (χ0v) is 12.5. The fraction of sp³-hybridized carbons (Fsp3) is 0.444. The SMILES string of the molecule is CCCCCCC(Cl)Cc1cccc2ccccc12. The maximum absolute atomic E-state index is 6.49. The molecule has 1 heteroatoms. The standard InChI is InChI=1S/C18H23Cl/c1-2-3-4-5-12-17(19)14-16-11-8-10-15-9-6-7-13-18(15)16/h6-11,13,17H,2-5,12,14H2,1H3. The highest BCUT2D eigenvalue weighted by atomic mass is 35.5. The second-order valence-electron chi connectivity index (χ2n) is 5.29. The monoisotopic (exact) mass is 274 g/mol. The largest absolute Gasteiger partial charge is 0.123 e. The summed E-state index contributed by atoms with van der Waals surface area (Å²) in [4.78, 5) is 0. The van der Waals surface area contributed by atoms with Gasteiger partial charge in [-0.25, -0.2) is 0 Å². The zero-order chi connectivity index (χ0) is 13.5. The van der Waals surface area contributed by atoms with Gasteiger partial charge < -0.3 is 0 Å². The summed E-state index contributed by atoms with van der Waals surface area (Å²) in [5, 5.41) is 2.93. The average molecular weight is 275 g/mol. The Morgan fingerprint density at radius 2 is 1.74 bits per heavy atom. The van der Waals surface area contributed by atoms with Crippen molar-refractivity contribution in [2.45, 2.75) is 50.8 Å². The second kappa shape index (κ2) is 7.55. The maximum atomic E-state index is 6.49. The first-order chi connectivity index (χ1) is 9.31. The number of fused-ring (bicyclic) bond motifs is 1. The molecule has 0 N–H and O–H groups in total. The second-order valence-corrected chi connectivity index (χ2v) is 5.91. The van der Waals surface area contributed by atoms with Gasteiger partial charge >= 0.3 is 0 Å². The fourth-order valence-electron chi connectivity index (χ4n) is 2.60. The van der Waals surface area contributed by atoms with Crippen LogP contribution in [0, 0.1) is 0 Å². The molecule has 0 radical (unpaired) electrons. The molecule has 0 fully saturated rings. The van der Waals surface area contributed by atoms with E-state index in [1.165, 1.54) is 42.0 Å². The van der Waals surface area contributed by atoms with E-state index >= 15 is 0 Å². The highest BCUT2D eigenvalue weighted by molar-refractivity contribution is 6.20. The molecule has 102 valence electrons. The van der Waals surface area contributed by atoms with Crippen molar-refractivity contribution in [2.24, 2.45) is 0 Å². The summed E-state index contributed by atoms with van der Waals surface area (Å²) < 4.78 is 0. The van der Waals surface area contributed by atoms with Gasteiger partial charge in [0.1, 0.15) is 0 Å². The molecule has 1 unspecified atom stereocenters. The number of rotatable bonds is 7. The van der Waals surface area contributed by atoms with E-state index in [2.05, 4.69) is 49.4 Å². The van der Waals surface area contributed by atoms with Crippen LogP contribution in [0.1, 0.15) is 44.6 Å². The number of hydrogen-bond donors (Lipinski definition) is 0. The van der Waals surface area contributed by atoms with E-state index in [0.29, 0.717) is 0 Å². The molecule has 0 heterocycles. The number of unbranched alkanes of at least 4 members (excludes halogenated alkanes) is 3. The van der Waals surface area contributed by atoms with Crippen LogP contribution in [-0.2, 0) is 6.42 Å². The van der Waals surface area contributed by atoms with Gasteiger partial charge in [-0.15, -0.1) is 11.6 Å². The summed E-state index contributed by atoms with van der Waals surface area (Å²) in [5.74, 6) is 0. The van der Waals surface area contributed by atoms with Crippen LogP contribution in [0.2, 0.25) is 0 Å². The molecule has 2 aromatic rings. The van der Waals surface area contributed by atoms with Crippen molar-refractivity contribution in [3.8, 4) is 0 Å². The van der Waals surface area contributed by atoms with Crippen LogP contribution in [-0.4, -0.2) is 5.38 Å². The Kier molecular flexibility index (Phi) is 5.72. The molecule has 1 atom stereocenters. The molecule has 0 bridgehead atoms. The van der Waals surface area contributed by atoms with E-state index in [9.17, 15) is 0 Å². The molecule has 0 aliphatic carbocycles. The van der Waals surface area contributed by atoms with Crippen LogP contribution in [0.5, 0.6) is 0 Å². The number of hydrogen-bond acceptors (Lipinski definition) is 0. The Bertz CT molecular complexity index is 499. The van der Waals surface area contributed by atoms with Gasteiger partial charge in [0.15, 0.2) is 0 Å². The van der Waals surface area contributed by atoms with E-state index in [1.54, 1.807) is 0 Å². The minimum atomic E-state index is 0.266. The third-order valence-corrected chi connectivity index (χ3v) is 4.06. The van der Waals surface area contributed by atoms with E-state index in [4.69, 9.17) is 11.6 Å². The van der Waals surface area contributed by atoms with Gasteiger partial charge in [0.25, 0.3) is 0 Å². The molecule has 19 heavy (non-hydrogen) atoms. The number of alkyl halides is 1. The molecule has 0 saturated carbocycles. The Morgan fingerprint density at radius 3 is 2.58 bits per heavy atom. The first kappa shape index (κ1) is 14.4. The van der Waals surface area contributed by atoms with Crippen LogP contribution in [0.4, 0.5) is 0 Å². The van der Waals surface area contributed by atoms with Gasteiger partial charge in [-0.2, -0.15) is 0 Å². The van der Waals surface area contributed by atoms with Crippen molar-refractivity contribution in [1.82, 2.24) is 0 Å². The molecule has 0 nitrogen and oxygen atoms in total. The maximum Gasteiger partial charge on any atom is 0.0376 e. The molecular weight excluding hydrogens is 252 g/mol. The lowest BCUT2D eigenvalue weighted by Gasteiger charge is -2.11. The predicted molar refractivity (Wildman–Crippen MR) is 86.1 cm³/mol. The third kappa shape index (κ3) is 4.24. The van der Waals surface area contributed by atoms with Crippen molar-refractivity contribution < 1.29 is 0 Å². The summed E-state index contributed by atoms with van der Waals surface area (Å²) in [5.41, 5.74) is 1.38. The Balaban J connectivity index is 1.97. The summed E-state index contributed by atoms with van der Waals surface area (Å²) in [6.07, 6.45) is 7.30. The lowest BCUT2D eigenvalue weighted by Crippen LogP contribution is -2.03. The van der Waals surface area contributed by atoms with Crippen LogP contribution < -0.4 is 0 Å². The molecular formula is C18H23Cl. The number of benzene rings is 2. The van der Waals surface area contributed by atoms with Gasteiger partial charge in [0.2, 0.25) is 0 Å². The van der Waals surface area contributed by atoms with E-state index in [-0.39, 0.29) is 5.38 Å². The highest BCUT2D eigenvalue weighted by Gasteiger charge is 2.08. The molecule has 0 aromatic heterocycles. The third-order valence-electron chi connectivity index (χ3n) is 3.69. The van der Waals surface area contributed by atoms with E-state index in [0.717, 1.165) is 12.8 Å². The topological polar surface area (TPSA) is 0 Å². The molecule has 0 saturated heterocycles. The lowest BCUT2D eigenvalue weighted by atomic mass is 9.99. The zero-order valence-electron chi connectivity index (χ0n) is 11.7. The molecule has 0 aliphatic rings. The van der Waals surface area contributed by atoms with Gasteiger partial charge in [-0.1, -0.05) is 75.1 Å². The summed E-state index contributed by atoms with van der Waals surface area (Å²) in [7, 11) is 0. The van der Waals surface area contributed by atoms with Gasteiger partial charge in [-0.3, -0.25) is 0 Å². The minimum Gasteiger partial charge on any atom is -0.123 e. The summed E-state index contributed by atoms with van der Waals surface area (Å²) in [6, 6.07) is 15.1. The minimum absolute atomic E-state index is 0.266. The van der Waals surface area contributed by atoms with Crippen molar-refractivity contribution in [3.63, 3.8) is 0 Å². The molecule has 0 spiro atoms. The molecule has 0 amide bonds. The molecule has 2 rings (SSSR count). The lowest BCUT2D eigenvalue weighted by molar-refractivity contribution is 0.612. The summed E-state index contributed by atoms with van der Waals surface area (Å²) >= 11 is 6.49. The predicted octanol–water partition coefficient (Wildman–Crippen LogP) is 5.96. The quantitative estimate of drug-likeness (QED) is 0.432. The fourth-order valence-corrected chi connectivity index (χ4v) is 2.92. The Labute approximate surface area is 121 Å². The van der Waals surface area contributed by atoms with Crippen molar-refractivity contribution in [1.29, 1.82) is 0 Å². The van der Waals surface area contributed by atoms with Crippen LogP contribution in [0.3, 0.4) is 0 Å². The van der Waals surface area contributed by atoms with Gasteiger partial charge in [-0.05, 0) is 29.2 Å². The smallest absolute Gasteiger partial charge is 0.0376 e. The van der Waals surface area contributed by atoms with E-state index in [1.807, 2.05) is 0 Å². The Hall–Kier alpha value is -1.01.